The fraction of sp³-hybridized carbons (Fsp3) is 0.909. The van der Waals surface area contributed by atoms with Gasteiger partial charge in [-0.25, -0.2) is 0 Å². The Morgan fingerprint density at radius 3 is 1.19 bits per heavy atom. The highest BCUT2D eigenvalue weighted by Crippen LogP contribution is 2.27. The standard InChI is InChI=1S/C22H42O4/c1-3-5-7-9-11-13-15-17-19(20(21(23)24)22(25)26)18-16-14-12-10-8-6-4-2/h19-20H,3-18H2,1-2H3,(H,23,24)(H,25,26). The van der Waals surface area contributed by atoms with Crippen LogP contribution in [-0.4, -0.2) is 22.2 Å². The van der Waals surface area contributed by atoms with E-state index in [1.165, 1.54) is 64.2 Å². The number of aliphatic carboxylic acids is 2. The Labute approximate surface area is 160 Å². The lowest BCUT2D eigenvalue weighted by Crippen LogP contribution is -2.31. The Bertz CT molecular complexity index is 322. The van der Waals surface area contributed by atoms with E-state index in [0.717, 1.165) is 38.5 Å². The molecule has 0 saturated heterocycles. The number of carbonyl (C=O) groups is 2. The van der Waals surface area contributed by atoms with Gasteiger partial charge in [0.2, 0.25) is 0 Å². The van der Waals surface area contributed by atoms with Gasteiger partial charge in [0.25, 0.3) is 0 Å². The van der Waals surface area contributed by atoms with Crippen LogP contribution in [0.3, 0.4) is 0 Å². The lowest BCUT2D eigenvalue weighted by molar-refractivity contribution is -0.157. The van der Waals surface area contributed by atoms with Crippen LogP contribution in [0.4, 0.5) is 0 Å². The van der Waals surface area contributed by atoms with Crippen molar-refractivity contribution in [3.05, 3.63) is 0 Å². The summed E-state index contributed by atoms with van der Waals surface area (Å²) in [5, 5.41) is 18.7. The molecule has 0 aliphatic heterocycles. The first-order valence-corrected chi connectivity index (χ1v) is 11.0. The zero-order chi connectivity index (χ0) is 19.6. The van der Waals surface area contributed by atoms with Crippen molar-refractivity contribution in [1.82, 2.24) is 0 Å². The Hall–Kier alpha value is -1.06. The van der Waals surface area contributed by atoms with Crippen molar-refractivity contribution in [3.63, 3.8) is 0 Å². The minimum absolute atomic E-state index is 0.226. The minimum Gasteiger partial charge on any atom is -0.481 e. The Balaban J connectivity index is 4.21. The predicted octanol–water partition coefficient (Wildman–Crippen LogP) is 6.67. The summed E-state index contributed by atoms with van der Waals surface area (Å²) in [6.45, 7) is 4.40. The molecule has 4 nitrogen and oxygen atoms in total. The number of carboxylic acids is 2. The molecule has 0 saturated carbocycles. The van der Waals surface area contributed by atoms with Crippen molar-refractivity contribution < 1.29 is 19.8 Å². The molecular formula is C22H42O4. The Kier molecular flexibility index (Phi) is 16.7. The van der Waals surface area contributed by atoms with E-state index in [0.29, 0.717) is 0 Å². The fourth-order valence-corrected chi connectivity index (χ4v) is 3.71. The van der Waals surface area contributed by atoms with E-state index in [1.807, 2.05) is 0 Å². The summed E-state index contributed by atoms with van der Waals surface area (Å²) < 4.78 is 0. The summed E-state index contributed by atoms with van der Waals surface area (Å²) in [7, 11) is 0. The lowest BCUT2D eigenvalue weighted by atomic mass is 9.83. The summed E-state index contributed by atoms with van der Waals surface area (Å²) in [4.78, 5) is 22.8. The molecule has 0 unspecified atom stereocenters. The normalized spacial score (nSPS) is 11.4. The first-order valence-electron chi connectivity index (χ1n) is 11.0. The third-order valence-corrected chi connectivity index (χ3v) is 5.36. The zero-order valence-electron chi connectivity index (χ0n) is 17.2. The molecule has 0 aromatic heterocycles. The lowest BCUT2D eigenvalue weighted by Gasteiger charge is -2.21. The molecule has 0 radical (unpaired) electrons. The van der Waals surface area contributed by atoms with E-state index < -0.39 is 17.9 Å². The van der Waals surface area contributed by atoms with Gasteiger partial charge >= 0.3 is 11.9 Å². The van der Waals surface area contributed by atoms with Gasteiger partial charge in [0.15, 0.2) is 5.92 Å². The molecule has 4 heteroatoms. The first kappa shape index (κ1) is 24.9. The summed E-state index contributed by atoms with van der Waals surface area (Å²) in [6, 6.07) is 0. The summed E-state index contributed by atoms with van der Waals surface area (Å²) in [6.07, 6.45) is 17.9. The van der Waals surface area contributed by atoms with Gasteiger partial charge in [-0.05, 0) is 18.8 Å². The number of hydrogen-bond acceptors (Lipinski definition) is 2. The van der Waals surface area contributed by atoms with E-state index in [1.54, 1.807) is 0 Å². The highest BCUT2D eigenvalue weighted by atomic mass is 16.4. The highest BCUT2D eigenvalue weighted by Gasteiger charge is 2.33. The van der Waals surface area contributed by atoms with Crippen molar-refractivity contribution in [3.8, 4) is 0 Å². The topological polar surface area (TPSA) is 74.6 Å². The van der Waals surface area contributed by atoms with E-state index in [-0.39, 0.29) is 5.92 Å². The van der Waals surface area contributed by atoms with E-state index in [9.17, 15) is 19.8 Å². The third kappa shape index (κ3) is 13.2. The maximum Gasteiger partial charge on any atom is 0.318 e. The quantitative estimate of drug-likeness (QED) is 0.197. The summed E-state index contributed by atoms with van der Waals surface area (Å²) in [5.74, 6) is -3.81. The number of unbranched alkanes of at least 4 members (excludes halogenated alkanes) is 12. The average molecular weight is 371 g/mol. The van der Waals surface area contributed by atoms with Crippen LogP contribution in [0.1, 0.15) is 117 Å². The van der Waals surface area contributed by atoms with E-state index >= 15 is 0 Å². The van der Waals surface area contributed by atoms with Crippen LogP contribution in [0.5, 0.6) is 0 Å². The largest absolute Gasteiger partial charge is 0.481 e. The SMILES string of the molecule is CCCCCCCCCC(CCCCCCCCC)C(C(=O)O)C(=O)O. The van der Waals surface area contributed by atoms with Gasteiger partial charge in [-0.3, -0.25) is 9.59 Å². The Morgan fingerprint density at radius 2 is 0.885 bits per heavy atom. The van der Waals surface area contributed by atoms with Crippen molar-refractivity contribution in [2.24, 2.45) is 11.8 Å². The summed E-state index contributed by atoms with van der Waals surface area (Å²) in [5.41, 5.74) is 0. The molecule has 0 spiro atoms. The van der Waals surface area contributed by atoms with Crippen LogP contribution in [0.2, 0.25) is 0 Å². The smallest absolute Gasteiger partial charge is 0.318 e. The predicted molar refractivity (Wildman–Crippen MR) is 107 cm³/mol. The molecule has 0 aromatic carbocycles. The molecular weight excluding hydrogens is 328 g/mol. The number of hydrogen-bond donors (Lipinski definition) is 2. The fourth-order valence-electron chi connectivity index (χ4n) is 3.71. The maximum absolute atomic E-state index is 11.4. The van der Waals surface area contributed by atoms with Gasteiger partial charge in [-0.2, -0.15) is 0 Å². The van der Waals surface area contributed by atoms with Crippen LogP contribution in [0, 0.1) is 11.8 Å². The molecule has 0 heterocycles. The van der Waals surface area contributed by atoms with Crippen molar-refractivity contribution in [2.75, 3.05) is 0 Å². The molecule has 0 fully saturated rings. The average Bonchev–Trinajstić information content (AvgIpc) is 2.59. The van der Waals surface area contributed by atoms with E-state index in [2.05, 4.69) is 13.8 Å². The van der Waals surface area contributed by atoms with Gasteiger partial charge in [-0.1, -0.05) is 104 Å². The molecule has 0 aromatic rings. The third-order valence-electron chi connectivity index (χ3n) is 5.36. The zero-order valence-corrected chi connectivity index (χ0v) is 17.2. The molecule has 0 rings (SSSR count). The van der Waals surface area contributed by atoms with Gasteiger partial charge in [-0.15, -0.1) is 0 Å². The summed E-state index contributed by atoms with van der Waals surface area (Å²) >= 11 is 0. The van der Waals surface area contributed by atoms with Crippen LogP contribution < -0.4 is 0 Å². The highest BCUT2D eigenvalue weighted by molar-refractivity contribution is 5.93. The van der Waals surface area contributed by atoms with Crippen molar-refractivity contribution in [2.45, 2.75) is 117 Å². The molecule has 0 amide bonds. The van der Waals surface area contributed by atoms with Crippen LogP contribution in [0.25, 0.3) is 0 Å². The van der Waals surface area contributed by atoms with Gasteiger partial charge in [0.05, 0.1) is 0 Å². The Morgan fingerprint density at radius 1 is 0.577 bits per heavy atom. The molecule has 2 N–H and O–H groups in total. The van der Waals surface area contributed by atoms with Crippen molar-refractivity contribution in [1.29, 1.82) is 0 Å². The van der Waals surface area contributed by atoms with Crippen molar-refractivity contribution >= 4 is 11.9 Å². The molecule has 0 aliphatic rings. The molecule has 0 bridgehead atoms. The second kappa shape index (κ2) is 17.4. The van der Waals surface area contributed by atoms with Gasteiger partial charge in [0.1, 0.15) is 0 Å². The molecule has 154 valence electrons. The molecule has 0 atom stereocenters. The number of carboxylic acid groups (broad SMARTS) is 2. The molecule has 26 heavy (non-hydrogen) atoms. The van der Waals surface area contributed by atoms with Gasteiger partial charge in [0, 0.05) is 0 Å². The number of rotatable bonds is 19. The second-order valence-electron chi connectivity index (χ2n) is 7.73. The molecule has 0 aliphatic carbocycles. The van der Waals surface area contributed by atoms with Crippen LogP contribution in [0.15, 0.2) is 0 Å². The van der Waals surface area contributed by atoms with Gasteiger partial charge < -0.3 is 10.2 Å². The first-order chi connectivity index (χ1) is 12.5. The second-order valence-corrected chi connectivity index (χ2v) is 7.73. The monoisotopic (exact) mass is 370 g/mol. The van der Waals surface area contributed by atoms with Crippen LogP contribution >= 0.6 is 0 Å². The minimum atomic E-state index is -1.24. The maximum atomic E-state index is 11.4. The van der Waals surface area contributed by atoms with Crippen LogP contribution in [-0.2, 0) is 9.59 Å². The van der Waals surface area contributed by atoms with E-state index in [4.69, 9.17) is 0 Å².